The van der Waals surface area contributed by atoms with Crippen molar-refractivity contribution >= 4 is 12.4 Å². The third kappa shape index (κ3) is 5.50. The molecule has 1 aromatic rings. The van der Waals surface area contributed by atoms with Crippen molar-refractivity contribution in [2.24, 2.45) is 0 Å². The van der Waals surface area contributed by atoms with Gasteiger partial charge in [0.2, 0.25) is 0 Å². The second-order valence-corrected chi connectivity index (χ2v) is 3.85. The summed E-state index contributed by atoms with van der Waals surface area (Å²) in [6, 6.07) is 9.33. The summed E-state index contributed by atoms with van der Waals surface area (Å²) in [4.78, 5) is 27.0. The molecule has 6 nitrogen and oxygen atoms in total. The molecule has 6 heteroatoms. The molecule has 0 saturated carbocycles. The smallest absolute Gasteiger partial charge is 0.408 e. The van der Waals surface area contributed by atoms with Gasteiger partial charge in [0.05, 0.1) is 7.11 Å². The van der Waals surface area contributed by atoms with Crippen LogP contribution in [0.15, 0.2) is 30.3 Å². The van der Waals surface area contributed by atoms with Gasteiger partial charge >= 0.3 is 6.09 Å². The predicted molar refractivity (Wildman–Crippen MR) is 69.0 cm³/mol. The van der Waals surface area contributed by atoms with Crippen LogP contribution in [0.1, 0.15) is 12.0 Å². The van der Waals surface area contributed by atoms with Crippen molar-refractivity contribution in [1.29, 1.82) is 0 Å². The van der Waals surface area contributed by atoms with Crippen molar-refractivity contribution in [1.82, 2.24) is 10.4 Å². The van der Waals surface area contributed by atoms with E-state index in [-0.39, 0.29) is 13.0 Å². The van der Waals surface area contributed by atoms with Gasteiger partial charge in [-0.3, -0.25) is 0 Å². The van der Waals surface area contributed by atoms with Gasteiger partial charge in [-0.25, -0.2) is 4.79 Å². The Morgan fingerprint density at radius 1 is 1.42 bits per heavy atom. The number of rotatable bonds is 7. The second-order valence-electron chi connectivity index (χ2n) is 3.85. The van der Waals surface area contributed by atoms with E-state index in [9.17, 15) is 9.59 Å². The average molecular weight is 266 g/mol. The van der Waals surface area contributed by atoms with Gasteiger partial charge in [-0.1, -0.05) is 30.3 Å². The van der Waals surface area contributed by atoms with Crippen molar-refractivity contribution in [2.75, 3.05) is 14.2 Å². The number of carbonyl (C=O) groups excluding carboxylic acids is 2. The maximum absolute atomic E-state index is 11.6. The zero-order valence-corrected chi connectivity index (χ0v) is 11.0. The first-order valence-corrected chi connectivity index (χ1v) is 5.85. The number of hydrogen-bond donors (Lipinski definition) is 1. The SMILES string of the molecule is CON(C)[C@@H](CC=O)NC(=O)OCc1ccccc1. The van der Waals surface area contributed by atoms with Gasteiger partial charge in [-0.15, -0.1) is 0 Å². The van der Waals surface area contributed by atoms with Crippen LogP contribution in [0.2, 0.25) is 0 Å². The fourth-order valence-electron chi connectivity index (χ4n) is 1.42. The zero-order valence-electron chi connectivity index (χ0n) is 11.0. The molecule has 0 spiro atoms. The number of aldehydes is 1. The molecule has 104 valence electrons. The molecule has 0 radical (unpaired) electrons. The minimum atomic E-state index is -0.598. The molecule has 1 aromatic carbocycles. The fourth-order valence-corrected chi connectivity index (χ4v) is 1.42. The molecule has 0 aliphatic carbocycles. The summed E-state index contributed by atoms with van der Waals surface area (Å²) in [5, 5.41) is 3.92. The van der Waals surface area contributed by atoms with Crippen LogP contribution in [0, 0.1) is 0 Å². The Morgan fingerprint density at radius 3 is 2.68 bits per heavy atom. The van der Waals surface area contributed by atoms with E-state index in [1.54, 1.807) is 7.05 Å². The third-order valence-corrected chi connectivity index (χ3v) is 2.54. The second kappa shape index (κ2) is 8.23. The van der Waals surface area contributed by atoms with E-state index in [1.165, 1.54) is 12.2 Å². The molecule has 0 heterocycles. The summed E-state index contributed by atoms with van der Waals surface area (Å²) in [6.45, 7) is 0.178. The van der Waals surface area contributed by atoms with Gasteiger partial charge in [0.25, 0.3) is 0 Å². The first-order chi connectivity index (χ1) is 9.17. The van der Waals surface area contributed by atoms with Crippen LogP contribution in [-0.2, 0) is 21.0 Å². The number of alkyl carbamates (subject to hydrolysis) is 1. The Kier molecular flexibility index (Phi) is 6.56. The molecule has 0 fully saturated rings. The number of hydroxylamine groups is 2. The average Bonchev–Trinajstić information content (AvgIpc) is 2.45. The normalized spacial score (nSPS) is 11.9. The number of ether oxygens (including phenoxy) is 1. The number of amides is 1. The highest BCUT2D eigenvalue weighted by Crippen LogP contribution is 2.02. The Balaban J connectivity index is 2.42. The van der Waals surface area contributed by atoms with Gasteiger partial charge in [0.1, 0.15) is 19.1 Å². The molecule has 0 aromatic heterocycles. The van der Waals surface area contributed by atoms with Crippen molar-refractivity contribution in [3.05, 3.63) is 35.9 Å². The maximum Gasteiger partial charge on any atom is 0.408 e. The lowest BCUT2D eigenvalue weighted by atomic mass is 10.2. The van der Waals surface area contributed by atoms with Gasteiger partial charge in [-0.2, -0.15) is 5.06 Å². The molecule has 1 N–H and O–H groups in total. The summed E-state index contributed by atoms with van der Waals surface area (Å²) in [5.41, 5.74) is 0.893. The quantitative estimate of drug-likeness (QED) is 0.458. The van der Waals surface area contributed by atoms with Crippen molar-refractivity contribution < 1.29 is 19.2 Å². The van der Waals surface area contributed by atoms with E-state index in [0.717, 1.165) is 5.56 Å². The standard InChI is InChI=1S/C13H18N2O4/c1-15(18-2)12(8-9-16)14-13(17)19-10-11-6-4-3-5-7-11/h3-7,9,12H,8,10H2,1-2H3,(H,14,17)/t12-/m0/s1. The minimum Gasteiger partial charge on any atom is -0.445 e. The Labute approximate surface area is 112 Å². The first-order valence-electron chi connectivity index (χ1n) is 5.85. The van der Waals surface area contributed by atoms with Gasteiger partial charge in [-0.05, 0) is 5.56 Å². The zero-order chi connectivity index (χ0) is 14.1. The Hall–Kier alpha value is -1.92. The summed E-state index contributed by atoms with van der Waals surface area (Å²) in [6.07, 6.45) is -0.326. The molecule has 0 bridgehead atoms. The summed E-state index contributed by atoms with van der Waals surface area (Å²) < 4.78 is 5.05. The van der Waals surface area contributed by atoms with Crippen LogP contribution in [0.4, 0.5) is 4.79 Å². The lowest BCUT2D eigenvalue weighted by Crippen LogP contribution is -2.46. The first kappa shape index (κ1) is 15.1. The highest BCUT2D eigenvalue weighted by atomic mass is 16.7. The molecule has 19 heavy (non-hydrogen) atoms. The van der Waals surface area contributed by atoms with Crippen LogP contribution in [0.3, 0.4) is 0 Å². The molecular formula is C13H18N2O4. The lowest BCUT2D eigenvalue weighted by Gasteiger charge is -2.24. The van der Waals surface area contributed by atoms with Crippen LogP contribution in [-0.4, -0.2) is 37.8 Å². The Morgan fingerprint density at radius 2 is 2.11 bits per heavy atom. The lowest BCUT2D eigenvalue weighted by molar-refractivity contribution is -0.150. The summed E-state index contributed by atoms with van der Waals surface area (Å²) in [5.74, 6) is 0. The van der Waals surface area contributed by atoms with Crippen LogP contribution < -0.4 is 5.32 Å². The topological polar surface area (TPSA) is 67.9 Å². The van der Waals surface area contributed by atoms with E-state index >= 15 is 0 Å². The van der Waals surface area contributed by atoms with Crippen LogP contribution >= 0.6 is 0 Å². The molecule has 1 rings (SSSR count). The summed E-state index contributed by atoms with van der Waals surface area (Å²) in [7, 11) is 3.07. The molecule has 0 aliphatic rings. The summed E-state index contributed by atoms with van der Waals surface area (Å²) >= 11 is 0. The monoisotopic (exact) mass is 266 g/mol. The van der Waals surface area contributed by atoms with E-state index < -0.39 is 12.3 Å². The number of carbonyl (C=O) groups is 2. The van der Waals surface area contributed by atoms with E-state index in [0.29, 0.717) is 6.29 Å². The molecule has 0 aliphatic heterocycles. The fraction of sp³-hybridized carbons (Fsp3) is 0.385. The maximum atomic E-state index is 11.6. The molecule has 0 saturated heterocycles. The highest BCUT2D eigenvalue weighted by molar-refractivity contribution is 5.68. The number of hydrogen-bond acceptors (Lipinski definition) is 5. The van der Waals surface area contributed by atoms with Gasteiger partial charge < -0.3 is 19.7 Å². The van der Waals surface area contributed by atoms with Crippen LogP contribution in [0.5, 0.6) is 0 Å². The Bertz CT molecular complexity index is 397. The minimum absolute atomic E-state index is 0.116. The third-order valence-electron chi connectivity index (χ3n) is 2.54. The van der Waals surface area contributed by atoms with E-state index in [4.69, 9.17) is 9.57 Å². The van der Waals surface area contributed by atoms with Crippen LogP contribution in [0.25, 0.3) is 0 Å². The van der Waals surface area contributed by atoms with Gasteiger partial charge in [0.15, 0.2) is 0 Å². The van der Waals surface area contributed by atoms with Crippen molar-refractivity contribution in [2.45, 2.75) is 19.2 Å². The van der Waals surface area contributed by atoms with Gasteiger partial charge in [0, 0.05) is 13.5 Å². The van der Waals surface area contributed by atoms with Crippen molar-refractivity contribution in [3.8, 4) is 0 Å². The number of nitrogens with one attached hydrogen (secondary N) is 1. The van der Waals surface area contributed by atoms with E-state index in [1.807, 2.05) is 30.3 Å². The molecule has 1 atom stereocenters. The van der Waals surface area contributed by atoms with E-state index in [2.05, 4.69) is 5.32 Å². The molecule has 1 amide bonds. The molecule has 0 unspecified atom stereocenters. The largest absolute Gasteiger partial charge is 0.445 e. The highest BCUT2D eigenvalue weighted by Gasteiger charge is 2.17. The predicted octanol–water partition coefficient (Wildman–Crippen LogP) is 1.32. The van der Waals surface area contributed by atoms with Crippen molar-refractivity contribution in [3.63, 3.8) is 0 Å². The number of benzene rings is 1. The number of nitrogens with zero attached hydrogens (tertiary/aromatic N) is 1. The molecular weight excluding hydrogens is 248 g/mol.